The number of methoxy groups -OCH3 is 1. The molecular weight excluding hydrogens is 180 g/mol. The molecular formula is C6H12N2O3S. The quantitative estimate of drug-likeness (QED) is 0.592. The number of carbonyl (C=O) groups excluding carboxylic acids is 2. The summed E-state index contributed by atoms with van der Waals surface area (Å²) >= 11 is 0.952. The zero-order valence-electron chi connectivity index (χ0n) is 6.99. The first-order valence-electron chi connectivity index (χ1n) is 3.29. The lowest BCUT2D eigenvalue weighted by Crippen LogP contribution is -2.34. The number of hydrogen-bond donors (Lipinski definition) is 2. The van der Waals surface area contributed by atoms with Crippen LogP contribution in [0.5, 0.6) is 0 Å². The van der Waals surface area contributed by atoms with Gasteiger partial charge >= 0.3 is 5.97 Å². The minimum atomic E-state index is -0.739. The van der Waals surface area contributed by atoms with Gasteiger partial charge < -0.3 is 15.8 Å². The van der Waals surface area contributed by atoms with Crippen LogP contribution in [0.2, 0.25) is 0 Å². The van der Waals surface area contributed by atoms with Crippen LogP contribution in [-0.4, -0.2) is 37.2 Å². The molecule has 0 aliphatic carbocycles. The van der Waals surface area contributed by atoms with E-state index in [4.69, 9.17) is 5.73 Å². The Bertz CT molecular complexity index is 174. The predicted octanol–water partition coefficient (Wildman–Crippen LogP) is -0.441. The summed E-state index contributed by atoms with van der Waals surface area (Å²) in [6.45, 7) is 0. The molecule has 1 amide bonds. The molecule has 0 aromatic rings. The van der Waals surface area contributed by atoms with Crippen LogP contribution in [0.25, 0.3) is 0 Å². The van der Waals surface area contributed by atoms with Crippen molar-refractivity contribution in [2.75, 3.05) is 19.9 Å². The normalized spacial score (nSPS) is 11.9. The van der Waals surface area contributed by atoms with Crippen molar-refractivity contribution in [2.24, 2.45) is 5.73 Å². The number of amides is 1. The first kappa shape index (κ1) is 11.2. The largest absolute Gasteiger partial charge is 0.468 e. The zero-order valence-corrected chi connectivity index (χ0v) is 7.81. The third kappa shape index (κ3) is 4.20. The summed E-state index contributed by atoms with van der Waals surface area (Å²) in [4.78, 5) is 21.4. The fourth-order valence-corrected chi connectivity index (χ4v) is 1.07. The number of rotatable bonds is 3. The Hall–Kier alpha value is -0.750. The fourth-order valence-electron chi connectivity index (χ4n) is 0.457. The van der Waals surface area contributed by atoms with Crippen LogP contribution in [-0.2, 0) is 9.53 Å². The van der Waals surface area contributed by atoms with E-state index in [0.717, 1.165) is 11.8 Å². The number of carbonyl (C=O) groups is 2. The molecule has 0 fully saturated rings. The van der Waals surface area contributed by atoms with Crippen molar-refractivity contribution in [1.82, 2.24) is 5.32 Å². The molecule has 3 N–H and O–H groups in total. The molecule has 5 nitrogen and oxygen atoms in total. The lowest BCUT2D eigenvalue weighted by molar-refractivity contribution is -0.141. The van der Waals surface area contributed by atoms with E-state index in [1.807, 2.05) is 0 Å². The summed E-state index contributed by atoms with van der Waals surface area (Å²) in [6, 6.07) is -0.739. The second-order valence-corrected chi connectivity index (χ2v) is 2.97. The summed E-state index contributed by atoms with van der Waals surface area (Å²) in [5.74, 6) is -0.279. The van der Waals surface area contributed by atoms with E-state index in [9.17, 15) is 9.59 Å². The number of hydrogen-bond acceptors (Lipinski definition) is 5. The smallest absolute Gasteiger partial charge is 0.323 e. The first-order valence-corrected chi connectivity index (χ1v) is 4.28. The molecule has 12 heavy (non-hydrogen) atoms. The minimum absolute atomic E-state index is 0.214. The summed E-state index contributed by atoms with van der Waals surface area (Å²) in [7, 11) is 2.77. The molecule has 0 spiro atoms. The van der Waals surface area contributed by atoms with E-state index in [1.165, 1.54) is 14.2 Å². The Kier molecular flexibility index (Phi) is 5.48. The molecule has 0 aromatic heterocycles. The van der Waals surface area contributed by atoms with Crippen LogP contribution >= 0.6 is 11.8 Å². The Morgan fingerprint density at radius 3 is 2.67 bits per heavy atom. The summed E-state index contributed by atoms with van der Waals surface area (Å²) in [5, 5.41) is 2.18. The molecule has 6 heteroatoms. The Balaban J connectivity index is 3.63. The van der Waals surface area contributed by atoms with Gasteiger partial charge in [-0.3, -0.25) is 9.59 Å². The Labute approximate surface area is 75.0 Å². The minimum Gasteiger partial charge on any atom is -0.468 e. The zero-order chi connectivity index (χ0) is 9.56. The van der Waals surface area contributed by atoms with Gasteiger partial charge in [0.2, 0.25) is 0 Å². The Morgan fingerprint density at radius 2 is 2.25 bits per heavy atom. The molecule has 0 aromatic carbocycles. The average molecular weight is 192 g/mol. The van der Waals surface area contributed by atoms with Crippen LogP contribution < -0.4 is 11.1 Å². The molecule has 0 heterocycles. The lowest BCUT2D eigenvalue weighted by Gasteiger charge is -2.06. The van der Waals surface area contributed by atoms with Gasteiger partial charge in [-0.2, -0.15) is 0 Å². The molecule has 0 saturated carbocycles. The molecule has 0 bridgehead atoms. The lowest BCUT2D eigenvalue weighted by atomic mass is 10.4. The van der Waals surface area contributed by atoms with Gasteiger partial charge in [-0.05, 0) is 0 Å². The van der Waals surface area contributed by atoms with Crippen molar-refractivity contribution in [3.8, 4) is 0 Å². The molecule has 1 atom stereocenters. The van der Waals surface area contributed by atoms with Gasteiger partial charge in [0.05, 0.1) is 7.11 Å². The summed E-state index contributed by atoms with van der Waals surface area (Å²) < 4.78 is 4.37. The Morgan fingerprint density at radius 1 is 1.67 bits per heavy atom. The highest BCUT2D eigenvalue weighted by molar-refractivity contribution is 8.13. The third-order valence-corrected chi connectivity index (χ3v) is 2.09. The maximum Gasteiger partial charge on any atom is 0.323 e. The number of nitrogens with two attached hydrogens (primary N) is 1. The van der Waals surface area contributed by atoms with Crippen molar-refractivity contribution < 1.29 is 14.3 Å². The SMILES string of the molecule is CNC(=O)SC[C@H](N)C(=O)OC. The maximum atomic E-state index is 10.7. The highest BCUT2D eigenvalue weighted by Crippen LogP contribution is 2.02. The molecule has 70 valence electrons. The van der Waals surface area contributed by atoms with Gasteiger partial charge in [0, 0.05) is 12.8 Å². The van der Waals surface area contributed by atoms with Gasteiger partial charge in [-0.15, -0.1) is 0 Å². The van der Waals surface area contributed by atoms with Crippen LogP contribution in [0.3, 0.4) is 0 Å². The van der Waals surface area contributed by atoms with Gasteiger partial charge in [-0.25, -0.2) is 0 Å². The number of ether oxygens (including phenoxy) is 1. The summed E-state index contributed by atoms with van der Waals surface area (Å²) in [6.07, 6.45) is 0. The fraction of sp³-hybridized carbons (Fsp3) is 0.667. The second-order valence-electron chi connectivity index (χ2n) is 1.98. The molecule has 0 aliphatic heterocycles. The summed E-state index contributed by atoms with van der Waals surface area (Å²) in [5.41, 5.74) is 5.36. The van der Waals surface area contributed by atoms with E-state index in [-0.39, 0.29) is 11.0 Å². The topological polar surface area (TPSA) is 81.4 Å². The second kappa shape index (κ2) is 5.84. The van der Waals surface area contributed by atoms with Crippen molar-refractivity contribution in [2.45, 2.75) is 6.04 Å². The standard InChI is InChI=1S/C6H12N2O3S/c1-8-6(10)12-3-4(7)5(9)11-2/h4H,3,7H2,1-2H3,(H,8,10)/t4-/m0/s1. The van der Waals surface area contributed by atoms with Crippen LogP contribution in [0, 0.1) is 0 Å². The van der Waals surface area contributed by atoms with E-state index >= 15 is 0 Å². The van der Waals surface area contributed by atoms with Crippen molar-refractivity contribution in [1.29, 1.82) is 0 Å². The van der Waals surface area contributed by atoms with Crippen LogP contribution in [0.4, 0.5) is 4.79 Å². The highest BCUT2D eigenvalue weighted by Gasteiger charge is 2.14. The number of esters is 1. The van der Waals surface area contributed by atoms with Crippen molar-refractivity contribution in [3.63, 3.8) is 0 Å². The average Bonchev–Trinajstić information content (AvgIpc) is 2.11. The van der Waals surface area contributed by atoms with E-state index in [1.54, 1.807) is 0 Å². The van der Waals surface area contributed by atoms with Crippen molar-refractivity contribution >= 4 is 23.0 Å². The predicted molar refractivity (Wildman–Crippen MR) is 46.9 cm³/mol. The molecule has 0 rings (SSSR count). The molecule has 0 unspecified atom stereocenters. The molecule has 0 aliphatic rings. The third-order valence-electron chi connectivity index (χ3n) is 1.10. The maximum absolute atomic E-state index is 10.7. The number of nitrogens with one attached hydrogen (secondary N) is 1. The van der Waals surface area contributed by atoms with Crippen LogP contribution in [0.15, 0.2) is 0 Å². The molecule has 0 radical (unpaired) electrons. The van der Waals surface area contributed by atoms with E-state index < -0.39 is 12.0 Å². The van der Waals surface area contributed by atoms with Gasteiger partial charge in [0.15, 0.2) is 0 Å². The number of thioether (sulfide) groups is 1. The van der Waals surface area contributed by atoms with Crippen LogP contribution in [0.1, 0.15) is 0 Å². The van der Waals surface area contributed by atoms with E-state index in [0.29, 0.717) is 0 Å². The van der Waals surface area contributed by atoms with Gasteiger partial charge in [-0.1, -0.05) is 11.8 Å². The molecule has 0 saturated heterocycles. The van der Waals surface area contributed by atoms with E-state index in [2.05, 4.69) is 10.1 Å². The van der Waals surface area contributed by atoms with Gasteiger partial charge in [0.1, 0.15) is 6.04 Å². The van der Waals surface area contributed by atoms with Crippen molar-refractivity contribution in [3.05, 3.63) is 0 Å². The first-order chi connectivity index (χ1) is 5.61. The van der Waals surface area contributed by atoms with Gasteiger partial charge in [0.25, 0.3) is 5.24 Å². The highest BCUT2D eigenvalue weighted by atomic mass is 32.2. The monoisotopic (exact) mass is 192 g/mol.